The Labute approximate surface area is 116 Å². The van der Waals surface area contributed by atoms with Gasteiger partial charge in [-0.25, -0.2) is 4.98 Å². The topological polar surface area (TPSA) is 90.0 Å². The van der Waals surface area contributed by atoms with Gasteiger partial charge in [-0.05, 0) is 5.75 Å². The van der Waals surface area contributed by atoms with Crippen molar-refractivity contribution < 1.29 is 5.11 Å². The molecule has 1 aliphatic heterocycles. The van der Waals surface area contributed by atoms with E-state index in [4.69, 9.17) is 0 Å². The lowest BCUT2D eigenvalue weighted by Crippen LogP contribution is -2.32. The van der Waals surface area contributed by atoms with Crippen molar-refractivity contribution in [3.63, 3.8) is 0 Å². The molecule has 0 bridgehead atoms. The van der Waals surface area contributed by atoms with Gasteiger partial charge in [0.2, 0.25) is 0 Å². The van der Waals surface area contributed by atoms with Crippen LogP contribution in [0.4, 0.5) is 5.69 Å². The fraction of sp³-hybridized carbons (Fsp3) is 0.667. The molecule has 0 fully saturated rings. The van der Waals surface area contributed by atoms with E-state index < -0.39 is 0 Å². The molecule has 0 saturated carbocycles. The van der Waals surface area contributed by atoms with E-state index in [2.05, 4.69) is 27.5 Å². The fourth-order valence-electron chi connectivity index (χ4n) is 2.12. The van der Waals surface area contributed by atoms with E-state index >= 15 is 0 Å². The maximum Gasteiger partial charge on any atom is 0.274 e. The Morgan fingerprint density at radius 2 is 2.53 bits per heavy atom. The number of thioether (sulfide) groups is 1. The van der Waals surface area contributed by atoms with Crippen molar-refractivity contribution in [3.05, 3.63) is 22.4 Å². The second-order valence-electron chi connectivity index (χ2n) is 4.54. The van der Waals surface area contributed by atoms with E-state index in [0.717, 1.165) is 17.2 Å². The van der Waals surface area contributed by atoms with Gasteiger partial charge in [-0.2, -0.15) is 11.8 Å². The standard InChI is InChI=1S/C12H20N4O2S/c1-2-19-6-9(17)5-13-3-8-4-14-11-10(8)15-7-16-12(11)18/h7-9,13-14,17H,2-6H2,1H3,(H,15,16,18)/t8?,9-/m1/s1. The second kappa shape index (κ2) is 6.93. The largest absolute Gasteiger partial charge is 0.391 e. The van der Waals surface area contributed by atoms with Crippen molar-refractivity contribution in [1.29, 1.82) is 0 Å². The van der Waals surface area contributed by atoms with E-state index in [1.165, 1.54) is 6.33 Å². The van der Waals surface area contributed by atoms with Gasteiger partial charge in [-0.1, -0.05) is 6.92 Å². The molecule has 0 radical (unpaired) electrons. The molecule has 2 heterocycles. The Bertz CT molecular complexity index is 465. The summed E-state index contributed by atoms with van der Waals surface area (Å²) in [6, 6.07) is 0. The Hall–Kier alpha value is -1.05. The first-order valence-corrected chi connectivity index (χ1v) is 7.65. The zero-order valence-corrected chi connectivity index (χ0v) is 11.8. The van der Waals surface area contributed by atoms with Gasteiger partial charge in [0, 0.05) is 31.3 Å². The predicted octanol–water partition coefficient (Wildman–Crippen LogP) is -0.0174. The smallest absolute Gasteiger partial charge is 0.274 e. The maximum atomic E-state index is 11.5. The minimum atomic E-state index is -0.328. The highest BCUT2D eigenvalue weighted by Gasteiger charge is 2.25. The van der Waals surface area contributed by atoms with Gasteiger partial charge in [-0.15, -0.1) is 0 Å². The molecule has 0 amide bonds. The number of hydrogen-bond acceptors (Lipinski definition) is 6. The molecular weight excluding hydrogens is 264 g/mol. The van der Waals surface area contributed by atoms with Crippen LogP contribution >= 0.6 is 11.8 Å². The van der Waals surface area contributed by atoms with Crippen LogP contribution in [0, 0.1) is 0 Å². The van der Waals surface area contributed by atoms with Crippen LogP contribution in [0.2, 0.25) is 0 Å². The van der Waals surface area contributed by atoms with Gasteiger partial charge in [0.15, 0.2) is 0 Å². The lowest BCUT2D eigenvalue weighted by atomic mass is 10.1. The first-order chi connectivity index (χ1) is 9.22. The monoisotopic (exact) mass is 284 g/mol. The van der Waals surface area contributed by atoms with Crippen molar-refractivity contribution >= 4 is 17.4 Å². The maximum absolute atomic E-state index is 11.5. The van der Waals surface area contributed by atoms with Crippen LogP contribution in [0.1, 0.15) is 18.5 Å². The number of aliphatic hydroxyl groups excluding tert-OH is 1. The summed E-state index contributed by atoms with van der Waals surface area (Å²) in [4.78, 5) is 18.3. The molecule has 6 nitrogen and oxygen atoms in total. The first kappa shape index (κ1) is 14.4. The first-order valence-electron chi connectivity index (χ1n) is 6.50. The molecule has 0 spiro atoms. The van der Waals surface area contributed by atoms with E-state index in [9.17, 15) is 9.90 Å². The van der Waals surface area contributed by atoms with Crippen molar-refractivity contribution in [2.75, 3.05) is 36.5 Å². The number of fused-ring (bicyclic) bond motifs is 1. The van der Waals surface area contributed by atoms with Crippen LogP contribution in [-0.4, -0.2) is 52.3 Å². The van der Waals surface area contributed by atoms with Crippen LogP contribution in [0.15, 0.2) is 11.1 Å². The predicted molar refractivity (Wildman–Crippen MR) is 78.0 cm³/mol. The highest BCUT2D eigenvalue weighted by Crippen LogP contribution is 2.24. The second-order valence-corrected chi connectivity index (χ2v) is 5.86. The van der Waals surface area contributed by atoms with Crippen LogP contribution in [0.5, 0.6) is 0 Å². The minimum absolute atomic E-state index is 0.119. The normalized spacial score (nSPS) is 18.9. The molecule has 19 heavy (non-hydrogen) atoms. The third-order valence-corrected chi connectivity index (χ3v) is 4.11. The molecular formula is C12H20N4O2S. The van der Waals surface area contributed by atoms with E-state index in [1.54, 1.807) is 11.8 Å². The summed E-state index contributed by atoms with van der Waals surface area (Å²) in [6.07, 6.45) is 1.11. The Kier molecular flexibility index (Phi) is 5.24. The highest BCUT2D eigenvalue weighted by atomic mass is 32.2. The highest BCUT2D eigenvalue weighted by molar-refractivity contribution is 7.99. The molecule has 2 atom stereocenters. The minimum Gasteiger partial charge on any atom is -0.391 e. The van der Waals surface area contributed by atoms with E-state index in [0.29, 0.717) is 25.3 Å². The number of nitrogens with one attached hydrogen (secondary N) is 3. The number of aromatic nitrogens is 2. The van der Waals surface area contributed by atoms with Crippen LogP contribution in [0.3, 0.4) is 0 Å². The molecule has 0 aromatic carbocycles. The average molecular weight is 284 g/mol. The zero-order valence-electron chi connectivity index (χ0n) is 11.0. The number of aliphatic hydroxyl groups is 1. The summed E-state index contributed by atoms with van der Waals surface area (Å²) in [7, 11) is 0. The summed E-state index contributed by atoms with van der Waals surface area (Å²) >= 11 is 1.73. The van der Waals surface area contributed by atoms with E-state index in [-0.39, 0.29) is 17.6 Å². The van der Waals surface area contributed by atoms with Gasteiger partial charge >= 0.3 is 0 Å². The Morgan fingerprint density at radius 1 is 1.68 bits per heavy atom. The molecule has 7 heteroatoms. The summed E-state index contributed by atoms with van der Waals surface area (Å²) in [5, 5.41) is 16.0. The van der Waals surface area contributed by atoms with Crippen molar-refractivity contribution in [3.8, 4) is 0 Å². The number of rotatable bonds is 7. The summed E-state index contributed by atoms with van der Waals surface area (Å²) in [5.74, 6) is 1.95. The molecule has 1 aromatic heterocycles. The number of hydrogen-bond donors (Lipinski definition) is 4. The molecule has 0 aliphatic carbocycles. The number of H-pyrrole nitrogens is 1. The van der Waals surface area contributed by atoms with Crippen molar-refractivity contribution in [1.82, 2.24) is 15.3 Å². The molecule has 1 aromatic rings. The van der Waals surface area contributed by atoms with E-state index in [1.807, 2.05) is 0 Å². The zero-order chi connectivity index (χ0) is 13.7. The van der Waals surface area contributed by atoms with Gasteiger partial charge in [0.25, 0.3) is 5.56 Å². The van der Waals surface area contributed by atoms with Gasteiger partial charge in [0.1, 0.15) is 5.69 Å². The molecule has 1 unspecified atom stereocenters. The third-order valence-electron chi connectivity index (χ3n) is 3.08. The third kappa shape index (κ3) is 3.71. The van der Waals surface area contributed by atoms with Crippen molar-refractivity contribution in [2.24, 2.45) is 0 Å². The molecule has 4 N–H and O–H groups in total. The summed E-state index contributed by atoms with van der Waals surface area (Å²) in [5.41, 5.74) is 1.27. The average Bonchev–Trinajstić information content (AvgIpc) is 2.81. The molecule has 106 valence electrons. The van der Waals surface area contributed by atoms with Gasteiger partial charge in [-0.3, -0.25) is 4.79 Å². The SMILES string of the molecule is CCSC[C@H](O)CNCC1CNc2c1nc[nH]c2=O. The molecule has 2 rings (SSSR count). The molecule has 1 aliphatic rings. The van der Waals surface area contributed by atoms with Gasteiger partial charge in [0.05, 0.1) is 18.1 Å². The fourth-order valence-corrected chi connectivity index (χ4v) is 2.75. The molecule has 0 saturated heterocycles. The lowest BCUT2D eigenvalue weighted by molar-refractivity contribution is 0.195. The van der Waals surface area contributed by atoms with Crippen LogP contribution in [-0.2, 0) is 0 Å². The van der Waals surface area contributed by atoms with Gasteiger partial charge < -0.3 is 20.7 Å². The Morgan fingerprint density at radius 3 is 3.32 bits per heavy atom. The quantitative estimate of drug-likeness (QED) is 0.563. The number of aromatic amines is 1. The summed E-state index contributed by atoms with van der Waals surface area (Å²) < 4.78 is 0. The van der Waals surface area contributed by atoms with Crippen LogP contribution in [0.25, 0.3) is 0 Å². The number of nitrogens with zero attached hydrogens (tertiary/aromatic N) is 1. The summed E-state index contributed by atoms with van der Waals surface area (Å²) in [6.45, 7) is 4.07. The van der Waals surface area contributed by atoms with Crippen molar-refractivity contribution in [2.45, 2.75) is 18.9 Å². The number of anilines is 1. The Balaban J connectivity index is 1.80. The van der Waals surface area contributed by atoms with Crippen LogP contribution < -0.4 is 16.2 Å². The lowest BCUT2D eigenvalue weighted by Gasteiger charge is -2.14.